The van der Waals surface area contributed by atoms with E-state index in [9.17, 15) is 14.4 Å². The second kappa shape index (κ2) is 13.6. The topological polar surface area (TPSA) is 126 Å². The Morgan fingerprint density at radius 1 is 0.939 bits per heavy atom. The fraction of sp³-hybridized carbons (Fsp3) is 0.405. The number of rotatable bonds is 9. The summed E-state index contributed by atoms with van der Waals surface area (Å²) in [5, 5.41) is 14.0. The molecular weight excluding hydrogens is 620 g/mol. The Hall–Kier alpha value is -4.78. The van der Waals surface area contributed by atoms with Gasteiger partial charge in [0.25, 0.3) is 17.7 Å². The van der Waals surface area contributed by atoms with Crippen LogP contribution in [-0.2, 0) is 29.9 Å². The van der Waals surface area contributed by atoms with Crippen LogP contribution in [0.5, 0.6) is 0 Å². The van der Waals surface area contributed by atoms with E-state index < -0.39 is 0 Å². The number of hydrogen-bond donors (Lipinski definition) is 3. The van der Waals surface area contributed by atoms with Crippen LogP contribution in [0.2, 0.25) is 0 Å². The summed E-state index contributed by atoms with van der Waals surface area (Å²) >= 11 is 0. The van der Waals surface area contributed by atoms with E-state index >= 15 is 0 Å². The van der Waals surface area contributed by atoms with Gasteiger partial charge >= 0.3 is 0 Å². The van der Waals surface area contributed by atoms with E-state index in [4.69, 9.17) is 4.74 Å². The molecule has 49 heavy (non-hydrogen) atoms. The summed E-state index contributed by atoms with van der Waals surface area (Å²) in [6, 6.07) is 19.6. The minimum atomic E-state index is -0.292. The highest BCUT2D eigenvalue weighted by Gasteiger charge is 2.50. The van der Waals surface area contributed by atoms with Gasteiger partial charge in [0.1, 0.15) is 11.2 Å². The molecule has 0 saturated carbocycles. The predicted octanol–water partition coefficient (Wildman–Crippen LogP) is 3.54. The smallest absolute Gasteiger partial charge is 0.268 e. The molecule has 0 bridgehead atoms. The monoisotopic (exact) mass is 664 g/mol. The number of fused-ring (bicyclic) bond motifs is 2. The Kier molecular flexibility index (Phi) is 9.10. The van der Waals surface area contributed by atoms with Crippen LogP contribution in [0.3, 0.4) is 0 Å². The number of nitrogens with one attached hydrogen (secondary N) is 3. The zero-order valence-corrected chi connectivity index (χ0v) is 28.4. The zero-order valence-electron chi connectivity index (χ0n) is 28.4. The third-order valence-corrected chi connectivity index (χ3v) is 10.2. The number of ether oxygens (including phenoxy) is 1. The second-order valence-electron chi connectivity index (χ2n) is 13.5. The van der Waals surface area contributed by atoms with Crippen LogP contribution in [0.1, 0.15) is 72.6 Å². The van der Waals surface area contributed by atoms with Crippen LogP contribution in [0, 0.1) is 6.92 Å². The molecule has 7 rings (SSSR count). The summed E-state index contributed by atoms with van der Waals surface area (Å²) in [6.07, 6.45) is 3.66. The van der Waals surface area contributed by atoms with Gasteiger partial charge in [-0.3, -0.25) is 24.0 Å². The van der Waals surface area contributed by atoms with Crippen LogP contribution in [0.15, 0.2) is 66.9 Å². The number of nitrogens with zero attached hydrogens (tertiary/aromatic N) is 5. The van der Waals surface area contributed by atoms with Gasteiger partial charge in [0.2, 0.25) is 0 Å². The number of amides is 3. The maximum absolute atomic E-state index is 13.4. The van der Waals surface area contributed by atoms with Crippen LogP contribution in [0.25, 0.3) is 0 Å². The van der Waals surface area contributed by atoms with Gasteiger partial charge in [-0.1, -0.05) is 24.3 Å². The number of piperidine rings is 1. The molecule has 256 valence electrons. The molecule has 0 radical (unpaired) electrons. The van der Waals surface area contributed by atoms with Crippen molar-refractivity contribution in [3.8, 4) is 0 Å². The van der Waals surface area contributed by atoms with Crippen LogP contribution < -0.4 is 16.0 Å². The number of carbonyl (C=O) groups is 3. The number of carbonyl (C=O) groups excluding carboxylic acids is 3. The van der Waals surface area contributed by atoms with E-state index in [1.807, 2.05) is 66.2 Å². The number of anilines is 1. The summed E-state index contributed by atoms with van der Waals surface area (Å²) in [4.78, 5) is 42.8. The van der Waals surface area contributed by atoms with Crippen LogP contribution in [0.4, 0.5) is 5.69 Å². The molecular formula is C37H44N8O4. The highest BCUT2D eigenvalue weighted by molar-refractivity contribution is 6.04. The Morgan fingerprint density at radius 2 is 1.65 bits per heavy atom. The van der Waals surface area contributed by atoms with Gasteiger partial charge in [-0.25, -0.2) is 0 Å². The molecule has 3 amide bonds. The lowest BCUT2D eigenvalue weighted by atomic mass is 9.88. The first-order valence-corrected chi connectivity index (χ1v) is 17.0. The van der Waals surface area contributed by atoms with E-state index in [0.717, 1.165) is 61.5 Å². The van der Waals surface area contributed by atoms with E-state index in [0.29, 0.717) is 54.9 Å². The van der Waals surface area contributed by atoms with Gasteiger partial charge in [-0.2, -0.15) is 5.10 Å². The predicted molar refractivity (Wildman–Crippen MR) is 185 cm³/mol. The molecule has 1 spiro atoms. The Labute approximate surface area is 286 Å². The first kappa shape index (κ1) is 32.8. The first-order chi connectivity index (χ1) is 23.7. The minimum Gasteiger partial charge on any atom is -0.377 e. The van der Waals surface area contributed by atoms with Gasteiger partial charge < -0.3 is 30.2 Å². The lowest BCUT2D eigenvalue weighted by Crippen LogP contribution is -2.63. The SMILES string of the molecule is Cc1c(C(=O)Nc2ccc(CNC(=O)c3ccc4n3CCN(Cc3ccc(C(=O)N(C)C)cc3)C43COC3)cc2)cnn1C1CCNCC1. The Morgan fingerprint density at radius 3 is 2.33 bits per heavy atom. The van der Waals surface area contributed by atoms with Crippen molar-refractivity contribution in [3.05, 3.63) is 106 Å². The maximum Gasteiger partial charge on any atom is 0.268 e. The average molecular weight is 665 g/mol. The quantitative estimate of drug-likeness (QED) is 0.250. The van der Waals surface area contributed by atoms with Crippen molar-refractivity contribution < 1.29 is 19.1 Å². The van der Waals surface area contributed by atoms with Crippen molar-refractivity contribution >= 4 is 23.4 Å². The molecule has 3 N–H and O–H groups in total. The molecule has 2 saturated heterocycles. The third-order valence-electron chi connectivity index (χ3n) is 10.2. The highest BCUT2D eigenvalue weighted by Crippen LogP contribution is 2.41. The average Bonchev–Trinajstić information content (AvgIpc) is 3.71. The molecule has 0 atom stereocenters. The first-order valence-electron chi connectivity index (χ1n) is 17.0. The van der Waals surface area contributed by atoms with Gasteiger partial charge in [0.05, 0.1) is 31.0 Å². The highest BCUT2D eigenvalue weighted by atomic mass is 16.5. The lowest BCUT2D eigenvalue weighted by Gasteiger charge is -2.53. The molecule has 12 heteroatoms. The third kappa shape index (κ3) is 6.39. The standard InChI is InChI=1S/C37H44N8O4/c1-25-31(21-40-45(25)30-14-16-38-17-15-30)34(46)41-29-10-6-26(7-11-29)20-39-35(47)32-12-13-33-37(23-49-24-37)43(18-19-44(32)33)22-27-4-8-28(9-5-27)36(48)42(2)3/h4-13,21,30,38H,14-20,22-24H2,1-3H3,(H,39,47)(H,41,46). The number of aromatic nitrogens is 3. The number of benzene rings is 2. The second-order valence-corrected chi connectivity index (χ2v) is 13.5. The minimum absolute atomic E-state index is 0.0134. The maximum atomic E-state index is 13.4. The molecule has 5 heterocycles. The molecule has 0 unspecified atom stereocenters. The molecule has 3 aliphatic rings. The van der Waals surface area contributed by atoms with Crippen molar-refractivity contribution in [3.63, 3.8) is 0 Å². The van der Waals surface area contributed by atoms with Crippen LogP contribution >= 0.6 is 0 Å². The van der Waals surface area contributed by atoms with Crippen LogP contribution in [-0.4, -0.2) is 88.8 Å². The molecule has 2 aromatic carbocycles. The van der Waals surface area contributed by atoms with Gasteiger partial charge in [-0.05, 0) is 80.4 Å². The van der Waals surface area contributed by atoms with E-state index in [-0.39, 0.29) is 23.3 Å². The fourth-order valence-corrected chi connectivity index (χ4v) is 7.24. The van der Waals surface area contributed by atoms with Gasteiger partial charge in [0, 0.05) is 62.9 Å². The van der Waals surface area contributed by atoms with Gasteiger partial charge in [-0.15, -0.1) is 0 Å². The van der Waals surface area contributed by atoms with Crippen molar-refractivity contribution in [2.24, 2.45) is 0 Å². The van der Waals surface area contributed by atoms with E-state index in [1.54, 1.807) is 25.2 Å². The molecule has 3 aliphatic heterocycles. The molecule has 2 aromatic heterocycles. The molecule has 0 aliphatic carbocycles. The molecule has 4 aromatic rings. The summed E-state index contributed by atoms with van der Waals surface area (Å²) in [6.45, 7) is 7.56. The Balaban J connectivity index is 0.956. The summed E-state index contributed by atoms with van der Waals surface area (Å²) < 4.78 is 9.85. The van der Waals surface area contributed by atoms with Gasteiger partial charge in [0.15, 0.2) is 0 Å². The van der Waals surface area contributed by atoms with Crippen molar-refractivity contribution in [1.82, 2.24) is 34.8 Å². The normalized spacial score (nSPS) is 17.3. The molecule has 2 fully saturated rings. The largest absolute Gasteiger partial charge is 0.377 e. The fourth-order valence-electron chi connectivity index (χ4n) is 7.24. The van der Waals surface area contributed by atoms with Crippen molar-refractivity contribution in [2.45, 2.75) is 51.0 Å². The lowest BCUT2D eigenvalue weighted by molar-refractivity contribution is -0.162. The summed E-state index contributed by atoms with van der Waals surface area (Å²) in [5.41, 5.74) is 6.31. The number of hydrogen-bond acceptors (Lipinski definition) is 7. The van der Waals surface area contributed by atoms with Crippen molar-refractivity contribution in [2.75, 3.05) is 52.3 Å². The molecule has 12 nitrogen and oxygen atoms in total. The summed E-state index contributed by atoms with van der Waals surface area (Å²) in [7, 11) is 3.51. The Bertz CT molecular complexity index is 1830. The van der Waals surface area contributed by atoms with E-state index in [1.165, 1.54) is 0 Å². The summed E-state index contributed by atoms with van der Waals surface area (Å²) in [5.74, 6) is -0.324. The van der Waals surface area contributed by atoms with E-state index in [2.05, 4.69) is 36.6 Å². The zero-order chi connectivity index (χ0) is 34.1. The van der Waals surface area contributed by atoms with Crippen molar-refractivity contribution in [1.29, 1.82) is 0 Å².